The lowest BCUT2D eigenvalue weighted by atomic mass is 10.2. The molecule has 1 aromatic rings. The summed E-state index contributed by atoms with van der Waals surface area (Å²) in [5.41, 5.74) is 0.978. The second-order valence-corrected chi connectivity index (χ2v) is 5.87. The minimum absolute atomic E-state index is 0.0162. The minimum atomic E-state index is -0.0162. The highest BCUT2D eigenvalue weighted by molar-refractivity contribution is 5.78. The Balaban J connectivity index is 1.82. The fourth-order valence-corrected chi connectivity index (χ4v) is 2.76. The van der Waals surface area contributed by atoms with E-state index in [9.17, 15) is 9.59 Å². The van der Waals surface area contributed by atoms with E-state index in [1.165, 1.54) is 0 Å². The van der Waals surface area contributed by atoms with Crippen molar-refractivity contribution in [3.8, 4) is 0 Å². The number of piperazine rings is 1. The summed E-state index contributed by atoms with van der Waals surface area (Å²) in [7, 11) is 0. The SMILES string of the molecule is CCN1CCN(C(=O)CCN(Cc2cccnc2)C(C)=O)CC1. The predicted octanol–water partition coefficient (Wildman–Crippen LogP) is 0.984. The van der Waals surface area contributed by atoms with Gasteiger partial charge in [-0.25, -0.2) is 0 Å². The molecule has 0 bridgehead atoms. The number of pyridine rings is 1. The van der Waals surface area contributed by atoms with Gasteiger partial charge in [-0.05, 0) is 18.2 Å². The van der Waals surface area contributed by atoms with Crippen molar-refractivity contribution in [2.24, 2.45) is 0 Å². The van der Waals surface area contributed by atoms with Crippen molar-refractivity contribution in [2.45, 2.75) is 26.8 Å². The van der Waals surface area contributed by atoms with E-state index in [1.807, 2.05) is 17.0 Å². The van der Waals surface area contributed by atoms with E-state index < -0.39 is 0 Å². The van der Waals surface area contributed by atoms with Gasteiger partial charge in [-0.3, -0.25) is 14.6 Å². The minimum Gasteiger partial charge on any atom is -0.340 e. The second-order valence-electron chi connectivity index (χ2n) is 5.87. The maximum atomic E-state index is 12.3. The molecule has 1 fully saturated rings. The summed E-state index contributed by atoms with van der Waals surface area (Å²) < 4.78 is 0. The molecule has 1 aliphatic rings. The van der Waals surface area contributed by atoms with Crippen LogP contribution in [0.5, 0.6) is 0 Å². The second kappa shape index (κ2) is 8.62. The molecular weight excluding hydrogens is 292 g/mol. The average molecular weight is 318 g/mol. The molecule has 0 spiro atoms. The van der Waals surface area contributed by atoms with Crippen molar-refractivity contribution in [1.29, 1.82) is 0 Å². The van der Waals surface area contributed by atoms with Gasteiger partial charge in [0.2, 0.25) is 11.8 Å². The molecule has 126 valence electrons. The van der Waals surface area contributed by atoms with E-state index in [-0.39, 0.29) is 11.8 Å². The lowest BCUT2D eigenvalue weighted by Gasteiger charge is -2.34. The number of carbonyl (C=O) groups is 2. The maximum Gasteiger partial charge on any atom is 0.224 e. The average Bonchev–Trinajstić information content (AvgIpc) is 2.59. The van der Waals surface area contributed by atoms with Gasteiger partial charge < -0.3 is 14.7 Å². The van der Waals surface area contributed by atoms with Gasteiger partial charge in [0.05, 0.1) is 0 Å². The summed E-state index contributed by atoms with van der Waals surface area (Å²) in [5.74, 6) is 0.121. The Hall–Kier alpha value is -1.95. The first kappa shape index (κ1) is 17.4. The lowest BCUT2D eigenvalue weighted by Crippen LogP contribution is -2.49. The van der Waals surface area contributed by atoms with E-state index in [2.05, 4.69) is 16.8 Å². The van der Waals surface area contributed by atoms with Crippen molar-refractivity contribution < 1.29 is 9.59 Å². The van der Waals surface area contributed by atoms with Crippen LogP contribution in [0.4, 0.5) is 0 Å². The first-order valence-electron chi connectivity index (χ1n) is 8.24. The van der Waals surface area contributed by atoms with Crippen molar-refractivity contribution in [1.82, 2.24) is 19.7 Å². The van der Waals surface area contributed by atoms with Crippen LogP contribution in [0, 0.1) is 0 Å². The molecule has 6 nitrogen and oxygen atoms in total. The van der Waals surface area contributed by atoms with Crippen molar-refractivity contribution in [2.75, 3.05) is 39.3 Å². The fourth-order valence-electron chi connectivity index (χ4n) is 2.76. The third kappa shape index (κ3) is 5.32. The summed E-state index contributed by atoms with van der Waals surface area (Å²) in [6.45, 7) is 9.12. The molecule has 1 aromatic heterocycles. The molecule has 2 heterocycles. The Morgan fingerprint density at radius 1 is 1.26 bits per heavy atom. The van der Waals surface area contributed by atoms with Crippen LogP contribution in [-0.4, -0.2) is 70.8 Å². The van der Waals surface area contributed by atoms with Gasteiger partial charge >= 0.3 is 0 Å². The molecule has 1 saturated heterocycles. The van der Waals surface area contributed by atoms with E-state index in [4.69, 9.17) is 0 Å². The monoisotopic (exact) mass is 318 g/mol. The summed E-state index contributed by atoms with van der Waals surface area (Å²) in [5, 5.41) is 0. The summed E-state index contributed by atoms with van der Waals surface area (Å²) in [4.78, 5) is 34.1. The molecule has 0 unspecified atom stereocenters. The zero-order chi connectivity index (χ0) is 16.7. The van der Waals surface area contributed by atoms with Gasteiger partial charge in [-0.1, -0.05) is 13.0 Å². The Morgan fingerprint density at radius 2 is 2.00 bits per heavy atom. The molecule has 2 rings (SSSR count). The maximum absolute atomic E-state index is 12.3. The van der Waals surface area contributed by atoms with E-state index >= 15 is 0 Å². The number of amides is 2. The summed E-state index contributed by atoms with van der Waals surface area (Å²) in [6, 6.07) is 3.79. The number of likely N-dealkylation sites (N-methyl/N-ethyl adjacent to an activating group) is 1. The predicted molar refractivity (Wildman–Crippen MR) is 88.6 cm³/mol. The third-order valence-corrected chi connectivity index (χ3v) is 4.31. The number of nitrogens with zero attached hydrogens (tertiary/aromatic N) is 4. The number of carbonyl (C=O) groups excluding carboxylic acids is 2. The van der Waals surface area contributed by atoms with E-state index in [0.717, 1.165) is 38.3 Å². The Bertz CT molecular complexity index is 513. The van der Waals surface area contributed by atoms with Crippen LogP contribution < -0.4 is 0 Å². The van der Waals surface area contributed by atoms with Gasteiger partial charge in [0.15, 0.2) is 0 Å². The Labute approximate surface area is 138 Å². The van der Waals surface area contributed by atoms with Gasteiger partial charge in [-0.15, -0.1) is 0 Å². The van der Waals surface area contributed by atoms with Gasteiger partial charge in [-0.2, -0.15) is 0 Å². The number of hydrogen-bond donors (Lipinski definition) is 0. The van der Waals surface area contributed by atoms with Gasteiger partial charge in [0, 0.05) is 65.0 Å². The molecule has 0 N–H and O–H groups in total. The first-order chi connectivity index (χ1) is 11.1. The molecule has 0 atom stereocenters. The van der Waals surface area contributed by atoms with Crippen LogP contribution in [0.2, 0.25) is 0 Å². The van der Waals surface area contributed by atoms with Gasteiger partial charge in [0.25, 0.3) is 0 Å². The molecule has 23 heavy (non-hydrogen) atoms. The van der Waals surface area contributed by atoms with Crippen molar-refractivity contribution in [3.05, 3.63) is 30.1 Å². The van der Waals surface area contributed by atoms with Crippen LogP contribution in [0.15, 0.2) is 24.5 Å². The largest absolute Gasteiger partial charge is 0.340 e. The van der Waals surface area contributed by atoms with Crippen molar-refractivity contribution in [3.63, 3.8) is 0 Å². The standard InChI is InChI=1S/C17H26N4O2/c1-3-19-9-11-20(12-10-19)17(23)6-8-21(15(2)22)14-16-5-4-7-18-13-16/h4-5,7,13H,3,6,8-12,14H2,1-2H3. The third-order valence-electron chi connectivity index (χ3n) is 4.31. The zero-order valence-electron chi connectivity index (χ0n) is 14.1. The summed E-state index contributed by atoms with van der Waals surface area (Å²) in [6.07, 6.45) is 3.84. The summed E-state index contributed by atoms with van der Waals surface area (Å²) >= 11 is 0. The Morgan fingerprint density at radius 3 is 2.57 bits per heavy atom. The highest BCUT2D eigenvalue weighted by Crippen LogP contribution is 2.07. The highest BCUT2D eigenvalue weighted by Gasteiger charge is 2.21. The van der Waals surface area contributed by atoms with Crippen molar-refractivity contribution >= 4 is 11.8 Å². The normalized spacial score (nSPS) is 15.5. The smallest absolute Gasteiger partial charge is 0.224 e. The number of aromatic nitrogens is 1. The first-order valence-corrected chi connectivity index (χ1v) is 8.24. The Kier molecular flexibility index (Phi) is 6.52. The molecule has 1 aliphatic heterocycles. The van der Waals surface area contributed by atoms with Crippen LogP contribution in [0.1, 0.15) is 25.8 Å². The van der Waals surface area contributed by atoms with E-state index in [1.54, 1.807) is 24.2 Å². The van der Waals surface area contributed by atoms with E-state index in [0.29, 0.717) is 19.5 Å². The molecule has 6 heteroatoms. The molecular formula is C17H26N4O2. The fraction of sp³-hybridized carbons (Fsp3) is 0.588. The molecule has 0 aliphatic carbocycles. The highest BCUT2D eigenvalue weighted by atomic mass is 16.2. The van der Waals surface area contributed by atoms with Gasteiger partial charge in [0.1, 0.15) is 0 Å². The van der Waals surface area contributed by atoms with Crippen LogP contribution in [0.3, 0.4) is 0 Å². The molecule has 0 aromatic carbocycles. The topological polar surface area (TPSA) is 56.8 Å². The molecule has 0 saturated carbocycles. The van der Waals surface area contributed by atoms with Crippen LogP contribution >= 0.6 is 0 Å². The molecule has 0 radical (unpaired) electrons. The number of hydrogen-bond acceptors (Lipinski definition) is 4. The quantitative estimate of drug-likeness (QED) is 0.785. The zero-order valence-corrected chi connectivity index (χ0v) is 14.1. The molecule has 2 amide bonds. The van der Waals surface area contributed by atoms with Crippen LogP contribution in [0.25, 0.3) is 0 Å². The number of rotatable bonds is 6. The van der Waals surface area contributed by atoms with Crippen LogP contribution in [-0.2, 0) is 16.1 Å². The lowest BCUT2D eigenvalue weighted by molar-refractivity contribution is -0.135.